The smallest absolute Gasteiger partial charge is 0.140 e. The van der Waals surface area contributed by atoms with E-state index in [1.165, 1.54) is 19.3 Å². The maximum Gasteiger partial charge on any atom is 0.140 e. The molecule has 0 bridgehead atoms. The van der Waals surface area contributed by atoms with Crippen LogP contribution < -0.4 is 10.6 Å². The fourth-order valence-electron chi connectivity index (χ4n) is 3.26. The molecule has 0 radical (unpaired) electrons. The van der Waals surface area contributed by atoms with Crippen molar-refractivity contribution in [3.05, 3.63) is 24.0 Å². The Morgan fingerprint density at radius 1 is 1.09 bits per heavy atom. The average Bonchev–Trinajstić information content (AvgIpc) is 2.45. The van der Waals surface area contributed by atoms with Crippen molar-refractivity contribution < 1.29 is 0 Å². The number of nitrogens with zero attached hydrogens (tertiary/aromatic N) is 4. The van der Waals surface area contributed by atoms with Gasteiger partial charge in [-0.25, -0.2) is 9.97 Å². The zero-order chi connectivity index (χ0) is 15.1. The first-order valence-electron chi connectivity index (χ1n) is 8.21. The van der Waals surface area contributed by atoms with Crippen LogP contribution in [0.2, 0.25) is 0 Å². The summed E-state index contributed by atoms with van der Waals surface area (Å²) in [6, 6.07) is 6.01. The summed E-state index contributed by atoms with van der Waals surface area (Å²) in [6.07, 6.45) is 3.73. The molecule has 2 N–H and O–H groups in total. The molecular weight excluding hydrogens is 274 g/mol. The van der Waals surface area contributed by atoms with Gasteiger partial charge < -0.3 is 15.5 Å². The Morgan fingerprint density at radius 2 is 1.86 bits per heavy atom. The summed E-state index contributed by atoms with van der Waals surface area (Å²) >= 11 is 0. The van der Waals surface area contributed by atoms with Gasteiger partial charge in [-0.1, -0.05) is 6.42 Å². The highest BCUT2D eigenvalue weighted by Gasteiger charge is 2.25. The molecule has 116 valence electrons. The lowest BCUT2D eigenvalue weighted by atomic mass is 9.85. The lowest BCUT2D eigenvalue weighted by molar-refractivity contribution is 0.312. The van der Waals surface area contributed by atoms with Crippen molar-refractivity contribution >= 4 is 22.4 Å². The lowest BCUT2D eigenvalue weighted by Gasteiger charge is -2.34. The Morgan fingerprint density at radius 3 is 2.55 bits per heavy atom. The van der Waals surface area contributed by atoms with Gasteiger partial charge in [0.2, 0.25) is 0 Å². The van der Waals surface area contributed by atoms with Gasteiger partial charge >= 0.3 is 0 Å². The van der Waals surface area contributed by atoms with Crippen molar-refractivity contribution in [2.24, 2.45) is 0 Å². The topological polar surface area (TPSA) is 58.3 Å². The first-order valence-corrected chi connectivity index (χ1v) is 8.21. The van der Waals surface area contributed by atoms with Crippen LogP contribution in [0.1, 0.15) is 31.0 Å². The van der Waals surface area contributed by atoms with Crippen molar-refractivity contribution in [1.82, 2.24) is 14.9 Å². The van der Waals surface area contributed by atoms with Crippen LogP contribution >= 0.6 is 0 Å². The maximum absolute atomic E-state index is 5.96. The molecule has 4 rings (SSSR count). The van der Waals surface area contributed by atoms with Crippen LogP contribution in [0.4, 0.5) is 11.5 Å². The molecule has 5 heteroatoms. The lowest BCUT2D eigenvalue weighted by Crippen LogP contribution is -2.45. The van der Waals surface area contributed by atoms with E-state index in [9.17, 15) is 0 Å². The Kier molecular flexibility index (Phi) is 3.37. The van der Waals surface area contributed by atoms with E-state index in [0.717, 1.165) is 54.4 Å². The Balaban J connectivity index is 1.80. The van der Waals surface area contributed by atoms with Gasteiger partial charge in [-0.3, -0.25) is 0 Å². The highest BCUT2D eigenvalue weighted by Crippen LogP contribution is 2.37. The summed E-state index contributed by atoms with van der Waals surface area (Å²) in [5.41, 5.74) is 7.73. The molecule has 0 amide bonds. The molecule has 2 aliphatic rings. The number of nitrogen functional groups attached to an aromatic ring is 1. The van der Waals surface area contributed by atoms with Crippen LogP contribution in [0.5, 0.6) is 0 Å². The molecule has 2 heterocycles. The summed E-state index contributed by atoms with van der Waals surface area (Å²) in [6.45, 7) is 4.21. The van der Waals surface area contributed by atoms with Gasteiger partial charge in [-0.2, -0.15) is 0 Å². The molecule has 2 aromatic rings. The minimum absolute atomic E-state index is 0.539. The second kappa shape index (κ2) is 5.39. The first-order chi connectivity index (χ1) is 10.7. The van der Waals surface area contributed by atoms with Gasteiger partial charge in [0.1, 0.15) is 11.6 Å². The van der Waals surface area contributed by atoms with E-state index in [-0.39, 0.29) is 0 Å². The zero-order valence-corrected chi connectivity index (χ0v) is 13.1. The Bertz CT molecular complexity index is 687. The van der Waals surface area contributed by atoms with Gasteiger partial charge in [-0.15, -0.1) is 0 Å². The quantitative estimate of drug-likeness (QED) is 0.861. The Labute approximate surface area is 131 Å². The third kappa shape index (κ3) is 2.39. The second-order valence-corrected chi connectivity index (χ2v) is 6.60. The molecule has 1 aliphatic carbocycles. The van der Waals surface area contributed by atoms with E-state index in [1.807, 2.05) is 12.1 Å². The van der Waals surface area contributed by atoms with E-state index in [4.69, 9.17) is 15.7 Å². The number of rotatable bonds is 2. The summed E-state index contributed by atoms with van der Waals surface area (Å²) in [5.74, 6) is 2.65. The second-order valence-electron chi connectivity index (χ2n) is 6.60. The van der Waals surface area contributed by atoms with Crippen molar-refractivity contribution in [2.75, 3.05) is 43.9 Å². The largest absolute Gasteiger partial charge is 0.399 e. The number of fused-ring (bicyclic) bond motifs is 1. The van der Waals surface area contributed by atoms with Gasteiger partial charge in [0.25, 0.3) is 0 Å². The predicted molar refractivity (Wildman–Crippen MR) is 90.3 cm³/mol. The average molecular weight is 297 g/mol. The molecule has 1 saturated carbocycles. The fraction of sp³-hybridized carbons (Fsp3) is 0.529. The molecule has 2 fully saturated rings. The SMILES string of the molecule is CN1CCN(c2nc(C3CCC3)nc3cc(N)ccc23)CC1. The fourth-order valence-corrected chi connectivity index (χ4v) is 3.26. The van der Waals surface area contributed by atoms with Crippen molar-refractivity contribution in [2.45, 2.75) is 25.2 Å². The van der Waals surface area contributed by atoms with Crippen LogP contribution in [0.3, 0.4) is 0 Å². The first kappa shape index (κ1) is 13.8. The van der Waals surface area contributed by atoms with E-state index in [0.29, 0.717) is 5.92 Å². The van der Waals surface area contributed by atoms with Crippen LogP contribution in [-0.4, -0.2) is 48.1 Å². The van der Waals surface area contributed by atoms with E-state index in [1.54, 1.807) is 0 Å². The van der Waals surface area contributed by atoms with Crippen molar-refractivity contribution in [1.29, 1.82) is 0 Å². The van der Waals surface area contributed by atoms with E-state index in [2.05, 4.69) is 22.9 Å². The number of nitrogens with two attached hydrogens (primary N) is 1. The summed E-state index contributed by atoms with van der Waals surface area (Å²) in [4.78, 5) is 14.5. The number of hydrogen-bond acceptors (Lipinski definition) is 5. The summed E-state index contributed by atoms with van der Waals surface area (Å²) in [7, 11) is 2.18. The number of hydrogen-bond donors (Lipinski definition) is 1. The van der Waals surface area contributed by atoms with Gasteiger partial charge in [0, 0.05) is 43.2 Å². The maximum atomic E-state index is 5.96. The summed E-state index contributed by atoms with van der Waals surface area (Å²) in [5, 5.41) is 1.13. The molecule has 0 unspecified atom stereocenters. The molecule has 1 aromatic heterocycles. The Hall–Kier alpha value is -1.88. The molecule has 22 heavy (non-hydrogen) atoms. The standard InChI is InChI=1S/C17H23N5/c1-21-7-9-22(10-8-21)17-14-6-5-13(18)11-15(14)19-16(20-17)12-3-2-4-12/h5-6,11-12H,2-4,7-10,18H2,1H3. The van der Waals surface area contributed by atoms with Gasteiger partial charge in [0.05, 0.1) is 5.52 Å². The normalized spacial score (nSPS) is 20.3. The minimum Gasteiger partial charge on any atom is -0.399 e. The highest BCUT2D eigenvalue weighted by atomic mass is 15.3. The molecule has 5 nitrogen and oxygen atoms in total. The molecule has 1 saturated heterocycles. The van der Waals surface area contributed by atoms with Crippen LogP contribution in [-0.2, 0) is 0 Å². The molecule has 1 aliphatic heterocycles. The predicted octanol–water partition coefficient (Wildman–Crippen LogP) is 2.23. The van der Waals surface area contributed by atoms with Gasteiger partial charge in [-0.05, 0) is 38.1 Å². The van der Waals surface area contributed by atoms with Crippen LogP contribution in [0, 0.1) is 0 Å². The van der Waals surface area contributed by atoms with Crippen LogP contribution in [0.15, 0.2) is 18.2 Å². The number of benzene rings is 1. The third-order valence-electron chi connectivity index (χ3n) is 4.99. The molecule has 0 atom stereocenters. The number of anilines is 2. The molecule has 1 aromatic carbocycles. The number of aromatic nitrogens is 2. The zero-order valence-electron chi connectivity index (χ0n) is 13.1. The monoisotopic (exact) mass is 297 g/mol. The van der Waals surface area contributed by atoms with Crippen LogP contribution in [0.25, 0.3) is 10.9 Å². The van der Waals surface area contributed by atoms with E-state index >= 15 is 0 Å². The van der Waals surface area contributed by atoms with E-state index < -0.39 is 0 Å². The minimum atomic E-state index is 0.539. The highest BCUT2D eigenvalue weighted by molar-refractivity contribution is 5.91. The third-order valence-corrected chi connectivity index (χ3v) is 4.99. The summed E-state index contributed by atoms with van der Waals surface area (Å²) < 4.78 is 0. The van der Waals surface area contributed by atoms with Crippen molar-refractivity contribution in [3.63, 3.8) is 0 Å². The van der Waals surface area contributed by atoms with Gasteiger partial charge in [0.15, 0.2) is 0 Å². The number of piperazine rings is 1. The molecule has 0 spiro atoms. The van der Waals surface area contributed by atoms with Crippen molar-refractivity contribution in [3.8, 4) is 0 Å². The number of likely N-dealkylation sites (N-methyl/N-ethyl adjacent to an activating group) is 1. The molecular formula is C17H23N5.